The van der Waals surface area contributed by atoms with Crippen molar-refractivity contribution < 1.29 is 32.9 Å². The summed E-state index contributed by atoms with van der Waals surface area (Å²) in [5.41, 5.74) is 2.40. The molecule has 2 aromatic carbocycles. The summed E-state index contributed by atoms with van der Waals surface area (Å²) in [6.45, 7) is 3.67. The number of nitrogens with zero attached hydrogens (tertiary/aromatic N) is 4. The van der Waals surface area contributed by atoms with E-state index < -0.39 is 17.6 Å². The van der Waals surface area contributed by atoms with Crippen LogP contribution in [0.15, 0.2) is 54.6 Å². The molecule has 214 valence electrons. The van der Waals surface area contributed by atoms with Crippen molar-refractivity contribution in [1.29, 1.82) is 0 Å². The van der Waals surface area contributed by atoms with Crippen molar-refractivity contribution in [2.24, 2.45) is 0 Å². The van der Waals surface area contributed by atoms with Crippen LogP contribution in [0.4, 0.5) is 8.78 Å². The lowest BCUT2D eigenvalue weighted by molar-refractivity contribution is -0.0592. The fraction of sp³-hybridized carbons (Fsp3) is 0.367. The Morgan fingerprint density at radius 2 is 1.88 bits per heavy atom. The molecule has 4 aromatic rings. The van der Waals surface area contributed by atoms with Crippen molar-refractivity contribution in [2.75, 3.05) is 19.7 Å². The van der Waals surface area contributed by atoms with E-state index in [0.29, 0.717) is 24.7 Å². The van der Waals surface area contributed by atoms with Crippen LogP contribution >= 0.6 is 0 Å². The van der Waals surface area contributed by atoms with Gasteiger partial charge in [0.2, 0.25) is 5.88 Å². The van der Waals surface area contributed by atoms with Gasteiger partial charge in [-0.25, -0.2) is 23.5 Å². The molecule has 0 unspecified atom stereocenters. The van der Waals surface area contributed by atoms with Crippen LogP contribution in [-0.4, -0.2) is 62.4 Å². The minimum atomic E-state index is -0.961. The van der Waals surface area contributed by atoms with Crippen LogP contribution < -0.4 is 9.47 Å². The first-order valence-corrected chi connectivity index (χ1v) is 13.7. The quantitative estimate of drug-likeness (QED) is 0.293. The summed E-state index contributed by atoms with van der Waals surface area (Å²) in [5.74, 6) is -1.06. The Bertz CT molecular complexity index is 1550. The first kappa shape index (κ1) is 27.1. The normalized spacial score (nSPS) is 17.9. The number of aromatic nitrogens is 3. The molecule has 9 nitrogen and oxygen atoms in total. The van der Waals surface area contributed by atoms with Crippen LogP contribution in [0.2, 0.25) is 0 Å². The van der Waals surface area contributed by atoms with Gasteiger partial charge in [0.1, 0.15) is 24.4 Å². The van der Waals surface area contributed by atoms with Gasteiger partial charge in [0.25, 0.3) is 0 Å². The number of carboxylic acids is 1. The SMILES string of the molecule is O=C(O)c1ccc2nc(CN3CCC(Oc4cccc(COc5ccc(F)cc5F)n4)CC3)n(C[C@@H]3CCO3)c2c1. The molecule has 2 aliphatic rings. The fourth-order valence-electron chi connectivity index (χ4n) is 5.17. The highest BCUT2D eigenvalue weighted by Crippen LogP contribution is 2.25. The Morgan fingerprint density at radius 3 is 2.61 bits per heavy atom. The number of benzene rings is 2. The average Bonchev–Trinajstić information content (AvgIpc) is 3.27. The lowest BCUT2D eigenvalue weighted by Crippen LogP contribution is -2.39. The van der Waals surface area contributed by atoms with E-state index in [1.54, 1.807) is 30.3 Å². The summed E-state index contributed by atoms with van der Waals surface area (Å²) in [7, 11) is 0. The van der Waals surface area contributed by atoms with Crippen LogP contribution in [0.5, 0.6) is 11.6 Å². The van der Waals surface area contributed by atoms with Gasteiger partial charge in [-0.05, 0) is 55.7 Å². The Hall–Kier alpha value is -4.09. The first-order chi connectivity index (χ1) is 19.9. The third-order valence-corrected chi connectivity index (χ3v) is 7.49. The molecule has 6 rings (SSSR count). The third-order valence-electron chi connectivity index (χ3n) is 7.49. The van der Waals surface area contributed by atoms with Crippen molar-refractivity contribution in [3.05, 3.63) is 83.3 Å². The zero-order chi connectivity index (χ0) is 28.3. The second-order valence-electron chi connectivity index (χ2n) is 10.4. The number of hydrogen-bond acceptors (Lipinski definition) is 7. The third kappa shape index (κ3) is 6.31. The molecule has 1 N–H and O–H groups in total. The molecule has 1 atom stereocenters. The highest BCUT2D eigenvalue weighted by atomic mass is 19.1. The average molecular weight is 565 g/mol. The Morgan fingerprint density at radius 1 is 1.05 bits per heavy atom. The van der Waals surface area contributed by atoms with Crippen LogP contribution in [-0.2, 0) is 24.4 Å². The molecule has 41 heavy (non-hydrogen) atoms. The summed E-state index contributed by atoms with van der Waals surface area (Å²) in [6, 6.07) is 13.6. The fourth-order valence-corrected chi connectivity index (χ4v) is 5.17. The number of fused-ring (bicyclic) bond motifs is 1. The number of halogens is 2. The van der Waals surface area contributed by atoms with Crippen LogP contribution in [0.1, 0.15) is 41.1 Å². The van der Waals surface area contributed by atoms with Crippen LogP contribution in [0.3, 0.4) is 0 Å². The summed E-state index contributed by atoms with van der Waals surface area (Å²) in [5, 5.41) is 9.47. The van der Waals surface area contributed by atoms with Crippen molar-refractivity contribution in [2.45, 2.75) is 51.2 Å². The van der Waals surface area contributed by atoms with E-state index in [-0.39, 0.29) is 30.1 Å². The largest absolute Gasteiger partial charge is 0.484 e. The highest BCUT2D eigenvalue weighted by Gasteiger charge is 2.26. The molecule has 11 heteroatoms. The van der Waals surface area contributed by atoms with E-state index in [1.165, 1.54) is 6.07 Å². The zero-order valence-corrected chi connectivity index (χ0v) is 22.3. The number of imidazole rings is 1. The Balaban J connectivity index is 1.06. The summed E-state index contributed by atoms with van der Waals surface area (Å²) in [4.78, 5) is 23.2. The number of ether oxygens (including phenoxy) is 3. The van der Waals surface area contributed by atoms with E-state index in [4.69, 9.17) is 19.2 Å². The van der Waals surface area contributed by atoms with Gasteiger partial charge in [-0.2, -0.15) is 0 Å². The topological polar surface area (TPSA) is 98.9 Å². The second kappa shape index (κ2) is 11.8. The molecule has 0 bridgehead atoms. The maximum Gasteiger partial charge on any atom is 0.335 e. The Kier molecular flexibility index (Phi) is 7.80. The minimum Gasteiger partial charge on any atom is -0.484 e. The number of hydrogen-bond donors (Lipinski definition) is 1. The predicted molar refractivity (Wildman–Crippen MR) is 145 cm³/mol. The van der Waals surface area contributed by atoms with Gasteiger partial charge < -0.3 is 23.9 Å². The Labute approximate surface area is 235 Å². The number of carboxylic acid groups (broad SMARTS) is 1. The van der Waals surface area contributed by atoms with Gasteiger partial charge in [-0.3, -0.25) is 4.90 Å². The predicted octanol–water partition coefficient (Wildman–Crippen LogP) is 4.82. The van der Waals surface area contributed by atoms with Gasteiger partial charge in [0, 0.05) is 31.8 Å². The van der Waals surface area contributed by atoms with Crippen molar-refractivity contribution >= 4 is 17.0 Å². The summed E-state index contributed by atoms with van der Waals surface area (Å²) in [6.07, 6.45) is 2.69. The number of rotatable bonds is 10. The molecular formula is C30H30F2N4O5. The smallest absolute Gasteiger partial charge is 0.335 e. The standard InChI is InChI=1S/C30H30F2N4O5/c31-20-5-7-27(24(32)15-20)40-18-21-2-1-3-29(33-21)41-22-8-11-35(12-9-22)17-28-34-25-6-4-19(30(37)38)14-26(25)36(28)16-23-10-13-39-23/h1-7,14-15,22-23H,8-13,16-18H2,(H,37,38)/t23-/m0/s1. The van der Waals surface area contributed by atoms with E-state index in [2.05, 4.69) is 14.5 Å². The van der Waals surface area contributed by atoms with Crippen molar-refractivity contribution in [3.8, 4) is 11.6 Å². The molecule has 0 saturated carbocycles. The van der Waals surface area contributed by atoms with Gasteiger partial charge in [0.05, 0.1) is 41.5 Å². The minimum absolute atomic E-state index is 0.00946. The van der Waals surface area contributed by atoms with E-state index in [9.17, 15) is 18.7 Å². The summed E-state index contributed by atoms with van der Waals surface area (Å²) >= 11 is 0. The number of pyridine rings is 1. The van der Waals surface area contributed by atoms with Gasteiger partial charge in [-0.15, -0.1) is 0 Å². The lowest BCUT2D eigenvalue weighted by atomic mass is 10.1. The van der Waals surface area contributed by atoms with Crippen molar-refractivity contribution in [1.82, 2.24) is 19.4 Å². The van der Waals surface area contributed by atoms with Crippen LogP contribution in [0, 0.1) is 11.6 Å². The van der Waals surface area contributed by atoms with Crippen LogP contribution in [0.25, 0.3) is 11.0 Å². The lowest BCUT2D eigenvalue weighted by Gasteiger charge is -2.32. The van der Waals surface area contributed by atoms with Gasteiger partial charge in [-0.1, -0.05) is 6.07 Å². The molecule has 2 aromatic heterocycles. The molecule has 2 fully saturated rings. The molecule has 0 aliphatic carbocycles. The number of likely N-dealkylation sites (tertiary alicyclic amines) is 1. The molecule has 0 spiro atoms. The van der Waals surface area contributed by atoms with Gasteiger partial charge >= 0.3 is 5.97 Å². The van der Waals surface area contributed by atoms with Gasteiger partial charge in [0.15, 0.2) is 11.6 Å². The molecular weight excluding hydrogens is 534 g/mol. The molecule has 0 radical (unpaired) electrons. The van der Waals surface area contributed by atoms with Crippen molar-refractivity contribution in [3.63, 3.8) is 0 Å². The molecule has 4 heterocycles. The monoisotopic (exact) mass is 564 g/mol. The number of aromatic carboxylic acids is 1. The first-order valence-electron chi connectivity index (χ1n) is 13.7. The van der Waals surface area contributed by atoms with E-state index in [1.807, 2.05) is 6.07 Å². The number of piperidine rings is 1. The molecule has 2 aliphatic heterocycles. The molecule has 2 saturated heterocycles. The highest BCUT2D eigenvalue weighted by molar-refractivity contribution is 5.92. The number of carbonyl (C=O) groups is 1. The second-order valence-corrected chi connectivity index (χ2v) is 10.4. The molecule has 0 amide bonds. The summed E-state index contributed by atoms with van der Waals surface area (Å²) < 4.78 is 46.4. The maximum atomic E-state index is 13.9. The van der Waals surface area contributed by atoms with E-state index in [0.717, 1.165) is 67.9 Å². The van der Waals surface area contributed by atoms with E-state index >= 15 is 0 Å². The maximum absolute atomic E-state index is 13.9. The zero-order valence-electron chi connectivity index (χ0n) is 22.3.